The van der Waals surface area contributed by atoms with Crippen molar-refractivity contribution < 1.29 is 8.95 Å². The summed E-state index contributed by atoms with van der Waals surface area (Å²) < 4.78 is 17.0. The topological polar surface area (TPSA) is 38.3 Å². The maximum Gasteiger partial charge on any atom is 0.143 e. The zero-order valence-electron chi connectivity index (χ0n) is 9.37. The zero-order chi connectivity index (χ0) is 11.3. The van der Waals surface area contributed by atoms with Gasteiger partial charge in [0.05, 0.1) is 23.6 Å². The number of rotatable bonds is 5. The van der Waals surface area contributed by atoms with Gasteiger partial charge in [0.2, 0.25) is 0 Å². The molecule has 0 heterocycles. The van der Waals surface area contributed by atoms with Crippen molar-refractivity contribution in [3.05, 3.63) is 18.2 Å². The zero-order valence-corrected chi connectivity index (χ0v) is 10.2. The van der Waals surface area contributed by atoms with Gasteiger partial charge >= 0.3 is 0 Å². The van der Waals surface area contributed by atoms with Crippen molar-refractivity contribution in [2.24, 2.45) is 0 Å². The van der Waals surface area contributed by atoms with Gasteiger partial charge < -0.3 is 10.1 Å². The summed E-state index contributed by atoms with van der Waals surface area (Å²) in [6.45, 7) is 2.02. The summed E-state index contributed by atoms with van der Waals surface area (Å²) in [6.07, 6.45) is 0.919. The molecule has 3 nitrogen and oxygen atoms in total. The summed E-state index contributed by atoms with van der Waals surface area (Å²) in [6, 6.07) is 5.60. The molecule has 4 heteroatoms. The van der Waals surface area contributed by atoms with Crippen molar-refractivity contribution in [2.45, 2.75) is 18.2 Å². The molecule has 0 fully saturated rings. The van der Waals surface area contributed by atoms with Gasteiger partial charge in [-0.05, 0) is 24.6 Å². The van der Waals surface area contributed by atoms with Gasteiger partial charge in [0.1, 0.15) is 5.75 Å². The van der Waals surface area contributed by atoms with Gasteiger partial charge in [-0.1, -0.05) is 6.92 Å². The van der Waals surface area contributed by atoms with Crippen LogP contribution in [-0.4, -0.2) is 24.1 Å². The molecule has 0 radical (unpaired) electrons. The number of nitrogens with one attached hydrogen (secondary N) is 1. The molecule has 1 N–H and O–H groups in total. The van der Waals surface area contributed by atoms with Gasteiger partial charge in [0, 0.05) is 17.7 Å². The fourth-order valence-electron chi connectivity index (χ4n) is 1.32. The Morgan fingerprint density at radius 2 is 2.20 bits per heavy atom. The van der Waals surface area contributed by atoms with Crippen LogP contribution in [-0.2, 0) is 10.8 Å². The molecular formula is C11H17NO2S. The minimum atomic E-state index is -0.913. The van der Waals surface area contributed by atoms with Gasteiger partial charge in [0.25, 0.3) is 0 Å². The lowest BCUT2D eigenvalue weighted by Gasteiger charge is -2.09. The average molecular weight is 227 g/mol. The molecule has 0 aliphatic carbocycles. The van der Waals surface area contributed by atoms with E-state index in [9.17, 15) is 4.21 Å². The van der Waals surface area contributed by atoms with Crippen molar-refractivity contribution in [3.63, 3.8) is 0 Å². The first-order chi connectivity index (χ1) is 7.22. The number of ether oxygens (including phenoxy) is 1. The van der Waals surface area contributed by atoms with Crippen LogP contribution >= 0.6 is 0 Å². The normalized spacial score (nSPS) is 12.2. The SMILES string of the molecule is CCCS(=O)c1ccc(NC)c(OC)c1. The van der Waals surface area contributed by atoms with Crippen molar-refractivity contribution >= 4 is 16.5 Å². The Hall–Kier alpha value is -1.03. The molecule has 0 aromatic heterocycles. The molecule has 1 aromatic carbocycles. The van der Waals surface area contributed by atoms with E-state index < -0.39 is 10.8 Å². The summed E-state index contributed by atoms with van der Waals surface area (Å²) in [5.41, 5.74) is 0.912. The van der Waals surface area contributed by atoms with E-state index in [4.69, 9.17) is 4.74 Å². The number of anilines is 1. The number of hydrogen-bond donors (Lipinski definition) is 1. The Balaban J connectivity index is 2.97. The average Bonchev–Trinajstić information content (AvgIpc) is 2.28. The van der Waals surface area contributed by atoms with Crippen LogP contribution in [0.5, 0.6) is 5.75 Å². The fourth-order valence-corrected chi connectivity index (χ4v) is 2.39. The van der Waals surface area contributed by atoms with E-state index in [-0.39, 0.29) is 0 Å². The van der Waals surface area contributed by atoms with E-state index in [1.807, 2.05) is 32.2 Å². The second-order valence-corrected chi connectivity index (χ2v) is 4.73. The highest BCUT2D eigenvalue weighted by Crippen LogP contribution is 2.26. The van der Waals surface area contributed by atoms with Crippen LogP contribution in [0.4, 0.5) is 5.69 Å². The Bertz CT molecular complexity index is 352. The summed E-state index contributed by atoms with van der Waals surface area (Å²) in [4.78, 5) is 0.827. The highest BCUT2D eigenvalue weighted by atomic mass is 32.2. The van der Waals surface area contributed by atoms with E-state index in [1.165, 1.54) is 0 Å². The molecule has 0 aliphatic heterocycles. The van der Waals surface area contributed by atoms with Gasteiger partial charge in [-0.3, -0.25) is 4.21 Å². The largest absolute Gasteiger partial charge is 0.495 e. The van der Waals surface area contributed by atoms with Crippen molar-refractivity contribution in [1.82, 2.24) is 0 Å². The molecule has 15 heavy (non-hydrogen) atoms. The van der Waals surface area contributed by atoms with E-state index in [2.05, 4.69) is 5.32 Å². The first-order valence-corrected chi connectivity index (χ1v) is 6.29. The summed E-state index contributed by atoms with van der Waals surface area (Å²) >= 11 is 0. The molecule has 84 valence electrons. The Morgan fingerprint density at radius 3 is 2.73 bits per heavy atom. The molecule has 0 saturated carbocycles. The smallest absolute Gasteiger partial charge is 0.143 e. The van der Waals surface area contributed by atoms with Gasteiger partial charge in [-0.25, -0.2) is 0 Å². The quantitative estimate of drug-likeness (QED) is 0.838. The maximum atomic E-state index is 11.7. The van der Waals surface area contributed by atoms with Gasteiger partial charge in [-0.2, -0.15) is 0 Å². The minimum absolute atomic E-state index is 0.696. The maximum absolute atomic E-state index is 11.7. The van der Waals surface area contributed by atoms with Crippen LogP contribution in [0.3, 0.4) is 0 Å². The van der Waals surface area contributed by atoms with E-state index in [0.717, 1.165) is 22.8 Å². The minimum Gasteiger partial charge on any atom is -0.495 e. The van der Waals surface area contributed by atoms with Crippen LogP contribution in [0, 0.1) is 0 Å². The molecule has 0 saturated heterocycles. The molecule has 1 rings (SSSR count). The number of methoxy groups -OCH3 is 1. The van der Waals surface area contributed by atoms with Crippen LogP contribution in [0.25, 0.3) is 0 Å². The summed E-state index contributed by atoms with van der Waals surface area (Å²) in [5.74, 6) is 1.43. The Labute approximate surface area is 93.3 Å². The predicted octanol–water partition coefficient (Wildman–Crippen LogP) is 2.25. The molecular weight excluding hydrogens is 210 g/mol. The molecule has 0 amide bonds. The van der Waals surface area contributed by atoms with Crippen molar-refractivity contribution in [3.8, 4) is 5.75 Å². The number of hydrogen-bond acceptors (Lipinski definition) is 3. The van der Waals surface area contributed by atoms with E-state index >= 15 is 0 Å². The second kappa shape index (κ2) is 5.75. The summed E-state index contributed by atoms with van der Waals surface area (Å²) in [7, 11) is 2.53. The molecule has 1 atom stereocenters. The highest BCUT2D eigenvalue weighted by molar-refractivity contribution is 7.85. The fraction of sp³-hybridized carbons (Fsp3) is 0.455. The lowest BCUT2D eigenvalue weighted by atomic mass is 10.3. The van der Waals surface area contributed by atoms with Gasteiger partial charge in [-0.15, -0.1) is 0 Å². The lowest BCUT2D eigenvalue weighted by molar-refractivity contribution is 0.415. The van der Waals surface area contributed by atoms with Crippen LogP contribution in [0.1, 0.15) is 13.3 Å². The first-order valence-electron chi connectivity index (χ1n) is 4.97. The second-order valence-electron chi connectivity index (χ2n) is 3.16. The molecule has 0 aliphatic rings. The van der Waals surface area contributed by atoms with Gasteiger partial charge in [0.15, 0.2) is 0 Å². The van der Waals surface area contributed by atoms with Crippen LogP contribution in [0.2, 0.25) is 0 Å². The standard InChI is InChI=1S/C11H17NO2S/c1-4-7-15(13)9-5-6-10(12-2)11(8-9)14-3/h5-6,8,12H,4,7H2,1-3H3. The molecule has 0 spiro atoms. The van der Waals surface area contributed by atoms with Crippen molar-refractivity contribution in [2.75, 3.05) is 25.2 Å². The van der Waals surface area contributed by atoms with Crippen LogP contribution < -0.4 is 10.1 Å². The first kappa shape index (κ1) is 12.0. The molecule has 1 aromatic rings. The number of benzene rings is 1. The summed E-state index contributed by atoms with van der Waals surface area (Å²) in [5, 5.41) is 3.02. The van der Waals surface area contributed by atoms with E-state index in [1.54, 1.807) is 7.11 Å². The third-order valence-corrected chi connectivity index (χ3v) is 3.65. The Kier molecular flexibility index (Phi) is 4.62. The third-order valence-electron chi connectivity index (χ3n) is 2.09. The molecule has 0 bridgehead atoms. The molecule has 1 unspecified atom stereocenters. The predicted molar refractivity (Wildman–Crippen MR) is 64.1 cm³/mol. The lowest BCUT2D eigenvalue weighted by Crippen LogP contribution is -1.99. The van der Waals surface area contributed by atoms with Crippen LogP contribution in [0.15, 0.2) is 23.1 Å². The monoisotopic (exact) mass is 227 g/mol. The Morgan fingerprint density at radius 1 is 1.47 bits per heavy atom. The van der Waals surface area contributed by atoms with Crippen molar-refractivity contribution in [1.29, 1.82) is 0 Å². The highest BCUT2D eigenvalue weighted by Gasteiger charge is 2.07. The van der Waals surface area contributed by atoms with E-state index in [0.29, 0.717) is 5.75 Å². The third kappa shape index (κ3) is 2.96.